The van der Waals surface area contributed by atoms with Gasteiger partial charge >= 0.3 is 18.3 Å². The molecule has 8 heteroatoms. The summed E-state index contributed by atoms with van der Waals surface area (Å²) in [6, 6.07) is 0. The highest BCUT2D eigenvalue weighted by Gasteiger charge is 2.59. The number of carbonyl (C=O) groups excluding carboxylic acids is 1. The molecule has 2 nitrogen and oxygen atoms in total. The van der Waals surface area contributed by atoms with Gasteiger partial charge in [0.25, 0.3) is 6.17 Å². The van der Waals surface area contributed by atoms with Crippen LogP contribution in [-0.2, 0) is 9.53 Å². The maximum atomic E-state index is 12.2. The minimum atomic E-state index is -5.77. The Morgan fingerprint density at radius 3 is 2.00 bits per heavy atom. The van der Waals surface area contributed by atoms with Crippen molar-refractivity contribution in [2.24, 2.45) is 0 Å². The summed E-state index contributed by atoms with van der Waals surface area (Å²) >= 11 is 0. The molecule has 0 radical (unpaired) electrons. The number of hydrogen-bond donors (Lipinski definition) is 0. The summed E-state index contributed by atoms with van der Waals surface area (Å²) < 4.78 is 73.8. The van der Waals surface area contributed by atoms with E-state index in [4.69, 9.17) is 0 Å². The Morgan fingerprint density at radius 1 is 1.29 bits per heavy atom. The Balaban J connectivity index is 4.53. The second kappa shape index (κ2) is 4.05. The van der Waals surface area contributed by atoms with Crippen LogP contribution in [0.4, 0.5) is 26.3 Å². The quantitative estimate of drug-likeness (QED) is 0.543. The largest absolute Gasteiger partial charge is 0.441 e. The number of carbonyl (C=O) groups is 1. The highest BCUT2D eigenvalue weighted by Crippen LogP contribution is 2.35. The van der Waals surface area contributed by atoms with Gasteiger partial charge in [-0.15, -0.1) is 0 Å². The number of hydrogen-bond acceptors (Lipinski definition) is 2. The van der Waals surface area contributed by atoms with Gasteiger partial charge in [-0.1, -0.05) is 6.92 Å². The van der Waals surface area contributed by atoms with Crippen molar-refractivity contribution < 1.29 is 35.9 Å². The fraction of sp³-hybridized carbons (Fsp3) is 0.833. The SMILES string of the molecule is CCC(=O)OC(F)(F)C(F)C(F)(F)F. The van der Waals surface area contributed by atoms with Crippen molar-refractivity contribution in [2.75, 3.05) is 0 Å². The molecule has 1 unspecified atom stereocenters. The van der Waals surface area contributed by atoms with Gasteiger partial charge in [0, 0.05) is 6.42 Å². The molecule has 0 aromatic heterocycles. The molecule has 0 aliphatic heterocycles. The van der Waals surface area contributed by atoms with E-state index in [9.17, 15) is 31.1 Å². The van der Waals surface area contributed by atoms with Crippen LogP contribution in [0, 0.1) is 0 Å². The van der Waals surface area contributed by atoms with Crippen LogP contribution in [0.3, 0.4) is 0 Å². The first-order chi connectivity index (χ1) is 6.11. The van der Waals surface area contributed by atoms with E-state index in [-0.39, 0.29) is 0 Å². The van der Waals surface area contributed by atoms with E-state index in [0.29, 0.717) is 0 Å². The molecule has 0 rings (SSSR count). The van der Waals surface area contributed by atoms with E-state index in [1.807, 2.05) is 0 Å². The van der Waals surface area contributed by atoms with E-state index < -0.39 is 30.8 Å². The van der Waals surface area contributed by atoms with Gasteiger partial charge in [-0.25, -0.2) is 4.39 Å². The predicted octanol–water partition coefficient (Wildman–Crippen LogP) is 2.43. The van der Waals surface area contributed by atoms with E-state index in [1.165, 1.54) is 0 Å². The van der Waals surface area contributed by atoms with E-state index in [0.717, 1.165) is 6.92 Å². The molecule has 0 aromatic carbocycles. The van der Waals surface area contributed by atoms with E-state index >= 15 is 0 Å². The van der Waals surface area contributed by atoms with Crippen molar-refractivity contribution >= 4 is 5.97 Å². The van der Waals surface area contributed by atoms with Crippen LogP contribution in [0.2, 0.25) is 0 Å². The molecule has 0 saturated carbocycles. The van der Waals surface area contributed by atoms with Gasteiger partial charge in [-0.05, 0) is 0 Å². The van der Waals surface area contributed by atoms with Crippen LogP contribution in [0.25, 0.3) is 0 Å². The van der Waals surface area contributed by atoms with E-state index in [1.54, 1.807) is 0 Å². The Labute approximate surface area is 74.8 Å². The van der Waals surface area contributed by atoms with Gasteiger partial charge in [-0.3, -0.25) is 4.79 Å². The van der Waals surface area contributed by atoms with Crippen molar-refractivity contribution in [1.82, 2.24) is 0 Å². The highest BCUT2D eigenvalue weighted by molar-refractivity contribution is 5.69. The van der Waals surface area contributed by atoms with Gasteiger partial charge < -0.3 is 4.74 Å². The Hall–Kier alpha value is -0.950. The Bertz CT molecular complexity index is 211. The summed E-state index contributed by atoms with van der Waals surface area (Å²) in [6.07, 6.45) is -16.0. The summed E-state index contributed by atoms with van der Waals surface area (Å²) in [5.74, 6) is -1.61. The molecule has 0 bridgehead atoms. The molecule has 0 aromatic rings. The van der Waals surface area contributed by atoms with Crippen LogP contribution in [0.1, 0.15) is 13.3 Å². The summed E-state index contributed by atoms with van der Waals surface area (Å²) in [5.41, 5.74) is 0. The van der Waals surface area contributed by atoms with Crippen molar-refractivity contribution in [1.29, 1.82) is 0 Å². The summed E-state index contributed by atoms with van der Waals surface area (Å²) in [7, 11) is 0. The molecule has 0 fully saturated rings. The lowest BCUT2D eigenvalue weighted by Crippen LogP contribution is -2.44. The topological polar surface area (TPSA) is 26.3 Å². The smallest absolute Gasteiger partial charge is 0.398 e. The number of alkyl halides is 6. The lowest BCUT2D eigenvalue weighted by atomic mass is 10.3. The average molecular weight is 224 g/mol. The second-order valence-electron chi connectivity index (χ2n) is 2.29. The molecule has 0 saturated heterocycles. The number of halogens is 6. The molecule has 0 heterocycles. The summed E-state index contributed by atoms with van der Waals surface area (Å²) in [6.45, 7) is 1.08. The molecule has 0 amide bonds. The summed E-state index contributed by atoms with van der Waals surface area (Å²) in [4.78, 5) is 10.2. The van der Waals surface area contributed by atoms with Gasteiger partial charge in [0.2, 0.25) is 0 Å². The molecule has 0 aliphatic carbocycles. The standard InChI is InChI=1S/C6H6F6O2/c1-2-3(13)14-6(11,12)4(7)5(8,9)10/h4H,2H2,1H3. The minimum absolute atomic E-state index is 0.569. The number of rotatable bonds is 3. The zero-order valence-electron chi connectivity index (χ0n) is 6.87. The zero-order chi connectivity index (χ0) is 11.6. The third-order valence-corrected chi connectivity index (χ3v) is 1.12. The molecule has 84 valence electrons. The maximum Gasteiger partial charge on any atom is 0.441 e. The van der Waals surface area contributed by atoms with Gasteiger partial charge in [0.1, 0.15) is 0 Å². The van der Waals surface area contributed by atoms with Crippen LogP contribution in [-0.4, -0.2) is 24.4 Å². The lowest BCUT2D eigenvalue weighted by molar-refractivity contribution is -0.322. The molecule has 14 heavy (non-hydrogen) atoms. The summed E-state index contributed by atoms with van der Waals surface area (Å²) in [5, 5.41) is 0. The number of ether oxygens (including phenoxy) is 1. The second-order valence-corrected chi connectivity index (χ2v) is 2.29. The van der Waals surface area contributed by atoms with E-state index in [2.05, 4.69) is 4.74 Å². The third kappa shape index (κ3) is 3.43. The van der Waals surface area contributed by atoms with Crippen LogP contribution >= 0.6 is 0 Å². The predicted molar refractivity (Wildman–Crippen MR) is 32.3 cm³/mol. The molecule has 1 atom stereocenters. The first-order valence-electron chi connectivity index (χ1n) is 3.41. The van der Waals surface area contributed by atoms with Crippen LogP contribution in [0.5, 0.6) is 0 Å². The molecule has 0 spiro atoms. The van der Waals surface area contributed by atoms with Gasteiger partial charge in [0.15, 0.2) is 0 Å². The normalized spacial score (nSPS) is 15.1. The Kier molecular flexibility index (Phi) is 3.78. The highest BCUT2D eigenvalue weighted by atomic mass is 19.4. The first kappa shape index (κ1) is 13.0. The molecular formula is C6H6F6O2. The van der Waals surface area contributed by atoms with Gasteiger partial charge in [-0.2, -0.15) is 22.0 Å². The fourth-order valence-corrected chi connectivity index (χ4v) is 0.466. The van der Waals surface area contributed by atoms with Crippen molar-refractivity contribution in [2.45, 2.75) is 31.8 Å². The van der Waals surface area contributed by atoms with Crippen LogP contribution in [0.15, 0.2) is 0 Å². The first-order valence-corrected chi connectivity index (χ1v) is 3.41. The van der Waals surface area contributed by atoms with Crippen molar-refractivity contribution in [3.8, 4) is 0 Å². The fourth-order valence-electron chi connectivity index (χ4n) is 0.466. The third-order valence-electron chi connectivity index (χ3n) is 1.12. The van der Waals surface area contributed by atoms with Crippen molar-refractivity contribution in [3.63, 3.8) is 0 Å². The monoisotopic (exact) mass is 224 g/mol. The van der Waals surface area contributed by atoms with Crippen molar-refractivity contribution in [3.05, 3.63) is 0 Å². The number of esters is 1. The zero-order valence-corrected chi connectivity index (χ0v) is 6.87. The van der Waals surface area contributed by atoms with Crippen LogP contribution < -0.4 is 0 Å². The molecule has 0 aliphatic rings. The molecule has 0 N–H and O–H groups in total. The lowest BCUT2D eigenvalue weighted by Gasteiger charge is -2.21. The average Bonchev–Trinajstić information content (AvgIpc) is 2.00. The molecular weight excluding hydrogens is 218 g/mol. The maximum absolute atomic E-state index is 12.2. The Morgan fingerprint density at radius 2 is 1.71 bits per heavy atom. The van der Waals surface area contributed by atoms with Gasteiger partial charge in [0.05, 0.1) is 0 Å². The minimum Gasteiger partial charge on any atom is -0.398 e.